The molecule has 0 saturated carbocycles. The Kier molecular flexibility index (Phi) is 2.97. The van der Waals surface area contributed by atoms with Gasteiger partial charge in [-0.15, -0.1) is 0 Å². The lowest BCUT2D eigenvalue weighted by atomic mass is 9.98. The number of halogens is 2. The Labute approximate surface area is 86.8 Å². The zero-order valence-electron chi connectivity index (χ0n) is 8.96. The third-order valence-electron chi connectivity index (χ3n) is 2.66. The van der Waals surface area contributed by atoms with E-state index in [1.54, 1.807) is 7.05 Å². The first-order valence-electron chi connectivity index (χ1n) is 4.63. The van der Waals surface area contributed by atoms with Gasteiger partial charge in [-0.25, -0.2) is 0 Å². The molecule has 1 rings (SSSR count). The molecule has 1 heterocycles. The fraction of sp³-hybridized carbons (Fsp3) is 0.778. The van der Waals surface area contributed by atoms with Crippen molar-refractivity contribution in [3.8, 4) is 0 Å². The number of likely N-dealkylation sites (N-methyl/N-ethyl adjacent to an activating group) is 1. The molecule has 86 valence electrons. The van der Waals surface area contributed by atoms with Gasteiger partial charge in [-0.2, -0.15) is 8.78 Å². The second-order valence-corrected chi connectivity index (χ2v) is 4.08. The van der Waals surface area contributed by atoms with E-state index in [1.807, 2.05) is 0 Å². The summed E-state index contributed by atoms with van der Waals surface area (Å²) in [6.45, 7) is 3.40. The summed E-state index contributed by atoms with van der Waals surface area (Å²) in [5.41, 5.74) is -1.18. The standard InChI is InChI=1S/C9H14F2N2O2/c1-9(2)8(15)12(3)4-5-13(9)7(14)6(10)11/h6H,4-5H2,1-3H3. The lowest BCUT2D eigenvalue weighted by molar-refractivity contribution is -0.163. The van der Waals surface area contributed by atoms with Crippen LogP contribution in [0.4, 0.5) is 8.78 Å². The predicted molar refractivity (Wildman–Crippen MR) is 49.4 cm³/mol. The highest BCUT2D eigenvalue weighted by atomic mass is 19.3. The summed E-state index contributed by atoms with van der Waals surface area (Å²) in [7, 11) is 1.59. The number of carbonyl (C=O) groups is 2. The average molecular weight is 220 g/mol. The Hall–Kier alpha value is -1.20. The van der Waals surface area contributed by atoms with Gasteiger partial charge in [-0.1, -0.05) is 0 Å². The molecule has 0 bridgehead atoms. The molecule has 0 aromatic heterocycles. The van der Waals surface area contributed by atoms with Crippen molar-refractivity contribution in [1.29, 1.82) is 0 Å². The second-order valence-electron chi connectivity index (χ2n) is 4.08. The summed E-state index contributed by atoms with van der Waals surface area (Å²) >= 11 is 0. The summed E-state index contributed by atoms with van der Waals surface area (Å²) in [4.78, 5) is 25.2. The van der Waals surface area contributed by atoms with Gasteiger partial charge in [-0.3, -0.25) is 9.59 Å². The fourth-order valence-corrected chi connectivity index (χ4v) is 1.72. The summed E-state index contributed by atoms with van der Waals surface area (Å²) < 4.78 is 24.5. The van der Waals surface area contributed by atoms with Crippen LogP contribution in [0.2, 0.25) is 0 Å². The zero-order chi connectivity index (χ0) is 11.8. The van der Waals surface area contributed by atoms with E-state index in [9.17, 15) is 18.4 Å². The molecule has 1 aliphatic rings. The number of nitrogens with zero attached hydrogens (tertiary/aromatic N) is 2. The number of carbonyl (C=O) groups excluding carboxylic acids is 2. The molecule has 0 aromatic rings. The van der Waals surface area contributed by atoms with Crippen LogP contribution in [0.5, 0.6) is 0 Å². The molecule has 1 aliphatic heterocycles. The molecule has 2 amide bonds. The van der Waals surface area contributed by atoms with Crippen molar-refractivity contribution in [2.24, 2.45) is 0 Å². The van der Waals surface area contributed by atoms with Crippen LogP contribution in [0, 0.1) is 0 Å². The maximum Gasteiger partial charge on any atom is 0.315 e. The average Bonchev–Trinajstić information content (AvgIpc) is 2.13. The van der Waals surface area contributed by atoms with Crippen molar-refractivity contribution < 1.29 is 18.4 Å². The molecular weight excluding hydrogens is 206 g/mol. The molecule has 0 aliphatic carbocycles. The Morgan fingerprint density at radius 3 is 2.40 bits per heavy atom. The quantitative estimate of drug-likeness (QED) is 0.639. The van der Waals surface area contributed by atoms with Crippen molar-refractivity contribution in [3.05, 3.63) is 0 Å². The molecule has 0 aromatic carbocycles. The van der Waals surface area contributed by atoms with Crippen molar-refractivity contribution in [2.45, 2.75) is 25.8 Å². The summed E-state index contributed by atoms with van der Waals surface area (Å²) in [5, 5.41) is 0. The third kappa shape index (κ3) is 1.93. The van der Waals surface area contributed by atoms with Gasteiger partial charge in [0.05, 0.1) is 0 Å². The highest BCUT2D eigenvalue weighted by Crippen LogP contribution is 2.23. The minimum Gasteiger partial charge on any atom is -0.342 e. The van der Waals surface area contributed by atoms with E-state index >= 15 is 0 Å². The molecule has 6 heteroatoms. The monoisotopic (exact) mass is 220 g/mol. The van der Waals surface area contributed by atoms with Crippen LogP contribution in [0.1, 0.15) is 13.8 Å². The Balaban J connectivity index is 2.92. The highest BCUT2D eigenvalue weighted by Gasteiger charge is 2.44. The second kappa shape index (κ2) is 3.75. The third-order valence-corrected chi connectivity index (χ3v) is 2.66. The lowest BCUT2D eigenvalue weighted by Gasteiger charge is -2.44. The van der Waals surface area contributed by atoms with Crippen molar-refractivity contribution >= 4 is 11.8 Å². The number of rotatable bonds is 1. The topological polar surface area (TPSA) is 40.6 Å². The molecule has 4 nitrogen and oxygen atoms in total. The van der Waals surface area contributed by atoms with Gasteiger partial charge in [0.15, 0.2) is 0 Å². The fourth-order valence-electron chi connectivity index (χ4n) is 1.72. The molecule has 0 radical (unpaired) electrons. The highest BCUT2D eigenvalue weighted by molar-refractivity contribution is 5.92. The van der Waals surface area contributed by atoms with E-state index in [4.69, 9.17) is 0 Å². The number of amides is 2. The summed E-state index contributed by atoms with van der Waals surface area (Å²) in [6.07, 6.45) is -3.06. The van der Waals surface area contributed by atoms with E-state index < -0.39 is 17.9 Å². The zero-order valence-corrected chi connectivity index (χ0v) is 8.96. The maximum atomic E-state index is 12.3. The first-order valence-corrected chi connectivity index (χ1v) is 4.63. The van der Waals surface area contributed by atoms with Crippen molar-refractivity contribution in [3.63, 3.8) is 0 Å². The number of alkyl halides is 2. The molecular formula is C9H14F2N2O2. The molecule has 0 N–H and O–H groups in total. The molecule has 1 saturated heterocycles. The number of hydrogen-bond acceptors (Lipinski definition) is 2. The summed E-state index contributed by atoms with van der Waals surface area (Å²) in [5.74, 6) is -1.59. The molecule has 0 unspecified atom stereocenters. The van der Waals surface area contributed by atoms with Gasteiger partial charge < -0.3 is 9.80 Å². The van der Waals surface area contributed by atoms with Gasteiger partial charge in [0.2, 0.25) is 5.91 Å². The smallest absolute Gasteiger partial charge is 0.315 e. The van der Waals surface area contributed by atoms with Crippen LogP contribution < -0.4 is 0 Å². The van der Waals surface area contributed by atoms with Gasteiger partial charge in [0, 0.05) is 20.1 Å². The van der Waals surface area contributed by atoms with Gasteiger partial charge >= 0.3 is 6.43 Å². The van der Waals surface area contributed by atoms with Crippen LogP contribution >= 0.6 is 0 Å². The molecule has 15 heavy (non-hydrogen) atoms. The van der Waals surface area contributed by atoms with Crippen molar-refractivity contribution in [2.75, 3.05) is 20.1 Å². The van der Waals surface area contributed by atoms with E-state index in [-0.39, 0.29) is 12.5 Å². The normalized spacial score (nSPS) is 21.1. The maximum absolute atomic E-state index is 12.3. The number of piperazine rings is 1. The predicted octanol–water partition coefficient (Wildman–Crippen LogP) is 0.331. The Morgan fingerprint density at radius 2 is 1.93 bits per heavy atom. The van der Waals surface area contributed by atoms with Gasteiger partial charge in [-0.05, 0) is 13.8 Å². The molecule has 1 fully saturated rings. The SMILES string of the molecule is CN1CCN(C(=O)C(F)F)C(C)(C)C1=O. The van der Waals surface area contributed by atoms with Crippen LogP contribution in [-0.2, 0) is 9.59 Å². The van der Waals surface area contributed by atoms with Crippen molar-refractivity contribution in [1.82, 2.24) is 9.80 Å². The Bertz CT molecular complexity index is 292. The minimum atomic E-state index is -3.06. The van der Waals surface area contributed by atoms with Crippen LogP contribution in [0.25, 0.3) is 0 Å². The lowest BCUT2D eigenvalue weighted by Crippen LogP contribution is -2.64. The minimum absolute atomic E-state index is 0.151. The summed E-state index contributed by atoms with van der Waals surface area (Å²) in [6, 6.07) is 0. The first kappa shape index (κ1) is 11.9. The van der Waals surface area contributed by atoms with Crippen LogP contribution in [0.15, 0.2) is 0 Å². The Morgan fingerprint density at radius 1 is 1.40 bits per heavy atom. The van der Waals surface area contributed by atoms with E-state index in [0.717, 1.165) is 4.90 Å². The van der Waals surface area contributed by atoms with E-state index in [1.165, 1.54) is 18.7 Å². The first-order chi connectivity index (χ1) is 6.78. The van der Waals surface area contributed by atoms with Crippen LogP contribution in [-0.4, -0.2) is 53.7 Å². The molecule has 0 spiro atoms. The van der Waals surface area contributed by atoms with Gasteiger partial charge in [0.1, 0.15) is 5.54 Å². The van der Waals surface area contributed by atoms with Crippen LogP contribution in [0.3, 0.4) is 0 Å². The van der Waals surface area contributed by atoms with E-state index in [2.05, 4.69) is 0 Å². The van der Waals surface area contributed by atoms with E-state index in [0.29, 0.717) is 6.54 Å². The molecule has 0 atom stereocenters. The largest absolute Gasteiger partial charge is 0.342 e. The van der Waals surface area contributed by atoms with Gasteiger partial charge in [0.25, 0.3) is 5.91 Å². The number of hydrogen-bond donors (Lipinski definition) is 0.